The molecule has 3 N–H and O–H groups in total. The minimum Gasteiger partial charge on any atom is -0.494 e. The molecule has 0 radical (unpaired) electrons. The molecule has 28 heavy (non-hydrogen) atoms. The first-order valence-corrected chi connectivity index (χ1v) is 9.88. The third-order valence-electron chi connectivity index (χ3n) is 5.34. The van der Waals surface area contributed by atoms with Gasteiger partial charge in [0.2, 0.25) is 5.88 Å². The van der Waals surface area contributed by atoms with Crippen LogP contribution in [0.1, 0.15) is 48.1 Å². The largest absolute Gasteiger partial charge is 0.494 e. The fraction of sp³-hybridized carbons (Fsp3) is 0.273. The van der Waals surface area contributed by atoms with E-state index in [1.807, 2.05) is 42.5 Å². The lowest BCUT2D eigenvalue weighted by Crippen LogP contribution is -2.35. The molecule has 3 aromatic rings. The maximum Gasteiger partial charge on any atom is 0.260 e. The molecule has 0 saturated heterocycles. The van der Waals surface area contributed by atoms with Crippen LogP contribution in [0.25, 0.3) is 5.69 Å². The topological polar surface area (TPSA) is 70.0 Å². The molecule has 0 saturated carbocycles. The number of aromatic amines is 1. The van der Waals surface area contributed by atoms with Crippen molar-refractivity contribution in [2.75, 3.05) is 6.54 Å². The SMILES string of the molecule is CC(C)c1ccc(-n2c(O)c(C3NCCc4ccccc43)c(=O)[nH]c2=S)cc1. The van der Waals surface area contributed by atoms with Crippen molar-refractivity contribution in [3.05, 3.63) is 85.9 Å². The van der Waals surface area contributed by atoms with Gasteiger partial charge in [0.25, 0.3) is 5.56 Å². The molecule has 1 aliphatic rings. The van der Waals surface area contributed by atoms with Gasteiger partial charge in [-0.25, -0.2) is 0 Å². The Kier molecular flexibility index (Phi) is 4.91. The predicted molar refractivity (Wildman–Crippen MR) is 113 cm³/mol. The first-order chi connectivity index (χ1) is 13.5. The second-order valence-electron chi connectivity index (χ2n) is 7.41. The van der Waals surface area contributed by atoms with Gasteiger partial charge in [0, 0.05) is 6.54 Å². The number of fused-ring (bicyclic) bond motifs is 1. The van der Waals surface area contributed by atoms with E-state index in [2.05, 4.69) is 30.2 Å². The van der Waals surface area contributed by atoms with Crippen LogP contribution in [0.15, 0.2) is 53.3 Å². The molecule has 0 spiro atoms. The molecule has 0 bridgehead atoms. The predicted octanol–water partition coefficient (Wildman–Crippen LogP) is 3.96. The minimum atomic E-state index is -0.384. The van der Waals surface area contributed by atoms with Crippen LogP contribution < -0.4 is 10.9 Å². The van der Waals surface area contributed by atoms with Crippen molar-refractivity contribution >= 4 is 12.2 Å². The van der Waals surface area contributed by atoms with Crippen LogP contribution in [0.5, 0.6) is 5.88 Å². The number of hydrogen-bond donors (Lipinski definition) is 3. The Balaban J connectivity index is 1.88. The summed E-state index contributed by atoms with van der Waals surface area (Å²) in [5, 5.41) is 14.5. The molecule has 4 rings (SSSR count). The van der Waals surface area contributed by atoms with E-state index in [1.165, 1.54) is 15.7 Å². The Morgan fingerprint density at radius 2 is 1.86 bits per heavy atom. The third-order valence-corrected chi connectivity index (χ3v) is 5.62. The van der Waals surface area contributed by atoms with Crippen LogP contribution in [0.2, 0.25) is 0 Å². The molecule has 1 aliphatic heterocycles. The molecule has 2 aromatic carbocycles. The van der Waals surface area contributed by atoms with E-state index < -0.39 is 0 Å². The van der Waals surface area contributed by atoms with Gasteiger partial charge in [-0.05, 0) is 53.4 Å². The van der Waals surface area contributed by atoms with Gasteiger partial charge in [0.1, 0.15) is 0 Å². The highest BCUT2D eigenvalue weighted by Crippen LogP contribution is 2.32. The van der Waals surface area contributed by atoms with E-state index in [4.69, 9.17) is 12.2 Å². The van der Waals surface area contributed by atoms with Gasteiger partial charge in [-0.1, -0.05) is 50.2 Å². The number of aromatic nitrogens is 2. The average Bonchev–Trinajstić information content (AvgIpc) is 2.68. The van der Waals surface area contributed by atoms with Gasteiger partial charge >= 0.3 is 0 Å². The molecule has 6 heteroatoms. The molecule has 5 nitrogen and oxygen atoms in total. The number of aromatic hydroxyl groups is 1. The molecule has 0 fully saturated rings. The third kappa shape index (κ3) is 3.19. The number of nitrogens with one attached hydrogen (secondary N) is 2. The Morgan fingerprint density at radius 3 is 2.57 bits per heavy atom. The molecular formula is C22H23N3O2S. The van der Waals surface area contributed by atoms with E-state index in [9.17, 15) is 9.90 Å². The smallest absolute Gasteiger partial charge is 0.260 e. The summed E-state index contributed by atoms with van der Waals surface area (Å²) in [6.45, 7) is 4.99. The van der Waals surface area contributed by atoms with Gasteiger partial charge in [-0.3, -0.25) is 14.3 Å². The van der Waals surface area contributed by atoms with E-state index >= 15 is 0 Å². The number of nitrogens with zero attached hydrogens (tertiary/aromatic N) is 1. The molecular weight excluding hydrogens is 370 g/mol. The summed E-state index contributed by atoms with van der Waals surface area (Å²) < 4.78 is 1.70. The summed E-state index contributed by atoms with van der Waals surface area (Å²) in [6.07, 6.45) is 0.890. The van der Waals surface area contributed by atoms with Crippen molar-refractivity contribution in [3.8, 4) is 11.6 Å². The summed E-state index contributed by atoms with van der Waals surface area (Å²) in [6, 6.07) is 15.5. The maximum absolute atomic E-state index is 12.8. The quantitative estimate of drug-likeness (QED) is 0.589. The second-order valence-corrected chi connectivity index (χ2v) is 7.80. The standard InChI is InChI=1S/C22H23N3O2S/c1-13(2)14-7-9-16(10-8-14)25-21(27)18(20(26)24-22(25)28)19-17-6-4-3-5-15(17)11-12-23-19/h3-10,13,19,23,27H,11-12H2,1-2H3,(H,24,26,28). The first kappa shape index (κ1) is 18.7. The minimum absolute atomic E-state index is 0.125. The number of H-pyrrole nitrogens is 1. The Hall–Kier alpha value is -2.70. The Bertz CT molecular complexity index is 1130. The summed E-state index contributed by atoms with van der Waals surface area (Å²) in [7, 11) is 0. The maximum atomic E-state index is 12.8. The fourth-order valence-corrected chi connectivity index (χ4v) is 4.09. The monoisotopic (exact) mass is 393 g/mol. The van der Waals surface area contributed by atoms with Crippen molar-refractivity contribution in [3.63, 3.8) is 0 Å². The summed E-state index contributed by atoms with van der Waals surface area (Å²) in [5.41, 5.74) is 4.02. The van der Waals surface area contributed by atoms with Crippen LogP contribution in [0.4, 0.5) is 0 Å². The average molecular weight is 394 g/mol. The molecule has 1 aromatic heterocycles. The van der Waals surface area contributed by atoms with E-state index in [0.717, 1.165) is 18.5 Å². The van der Waals surface area contributed by atoms with Gasteiger partial charge in [0.15, 0.2) is 4.77 Å². The Morgan fingerprint density at radius 1 is 1.14 bits per heavy atom. The zero-order valence-electron chi connectivity index (χ0n) is 15.9. The van der Waals surface area contributed by atoms with Crippen molar-refractivity contribution in [2.24, 2.45) is 0 Å². The lowest BCUT2D eigenvalue weighted by atomic mass is 9.90. The molecule has 2 heterocycles. The zero-order chi connectivity index (χ0) is 19.8. The second kappa shape index (κ2) is 7.37. The number of benzene rings is 2. The number of hydrogen-bond acceptors (Lipinski definition) is 4. The fourth-order valence-electron chi connectivity index (χ4n) is 3.81. The van der Waals surface area contributed by atoms with Crippen LogP contribution in [0.3, 0.4) is 0 Å². The molecule has 0 amide bonds. The first-order valence-electron chi connectivity index (χ1n) is 9.47. The van der Waals surface area contributed by atoms with E-state index in [-0.39, 0.29) is 27.8 Å². The van der Waals surface area contributed by atoms with Crippen molar-refractivity contribution < 1.29 is 5.11 Å². The van der Waals surface area contributed by atoms with E-state index in [1.54, 1.807) is 0 Å². The summed E-state index contributed by atoms with van der Waals surface area (Å²) in [5.74, 6) is 0.282. The highest BCUT2D eigenvalue weighted by molar-refractivity contribution is 7.71. The van der Waals surface area contributed by atoms with Gasteiger partial charge in [-0.2, -0.15) is 0 Å². The summed E-state index contributed by atoms with van der Waals surface area (Å²) >= 11 is 5.36. The zero-order valence-corrected chi connectivity index (χ0v) is 16.7. The van der Waals surface area contributed by atoms with Gasteiger partial charge in [0.05, 0.1) is 17.3 Å². The van der Waals surface area contributed by atoms with Crippen LogP contribution in [-0.4, -0.2) is 21.2 Å². The van der Waals surface area contributed by atoms with Crippen molar-refractivity contribution in [1.29, 1.82) is 0 Å². The molecule has 0 aliphatic carbocycles. The molecule has 144 valence electrons. The van der Waals surface area contributed by atoms with E-state index in [0.29, 0.717) is 11.6 Å². The van der Waals surface area contributed by atoms with Crippen molar-refractivity contribution in [1.82, 2.24) is 14.9 Å². The van der Waals surface area contributed by atoms with Gasteiger partial charge < -0.3 is 10.4 Å². The molecule has 1 atom stereocenters. The normalized spacial score (nSPS) is 16.2. The Labute approximate surface area is 168 Å². The van der Waals surface area contributed by atoms with Gasteiger partial charge in [-0.15, -0.1) is 0 Å². The highest BCUT2D eigenvalue weighted by Gasteiger charge is 2.28. The van der Waals surface area contributed by atoms with Crippen LogP contribution in [-0.2, 0) is 6.42 Å². The molecule has 1 unspecified atom stereocenters. The van der Waals surface area contributed by atoms with Crippen LogP contribution in [0, 0.1) is 4.77 Å². The number of rotatable bonds is 3. The lowest BCUT2D eigenvalue weighted by molar-refractivity contribution is 0.413. The van der Waals surface area contributed by atoms with Crippen LogP contribution >= 0.6 is 12.2 Å². The van der Waals surface area contributed by atoms with Crippen molar-refractivity contribution in [2.45, 2.75) is 32.2 Å². The summed E-state index contributed by atoms with van der Waals surface area (Å²) in [4.78, 5) is 15.5. The lowest BCUT2D eigenvalue weighted by Gasteiger charge is -2.27. The highest BCUT2D eigenvalue weighted by atomic mass is 32.1.